The van der Waals surface area contributed by atoms with Crippen LogP contribution in [0.25, 0.3) is 0 Å². The van der Waals surface area contributed by atoms with Gasteiger partial charge in [0.05, 0.1) is 12.3 Å². The van der Waals surface area contributed by atoms with Crippen LogP contribution in [0.1, 0.15) is 5.56 Å². The summed E-state index contributed by atoms with van der Waals surface area (Å²) in [6, 6.07) is 6.75. The van der Waals surface area contributed by atoms with Gasteiger partial charge in [0, 0.05) is 26.2 Å². The lowest BCUT2D eigenvalue weighted by Crippen LogP contribution is -2.38. The van der Waals surface area contributed by atoms with Crippen LogP contribution in [0.2, 0.25) is 5.02 Å². The van der Waals surface area contributed by atoms with Gasteiger partial charge >= 0.3 is 0 Å². The Bertz CT molecular complexity index is 558. The highest BCUT2D eigenvalue weighted by Crippen LogP contribution is 2.18. The minimum Gasteiger partial charge on any atom is -0.348 e. The Hall–Kier alpha value is -1.11. The number of hydrogen-bond acceptors (Lipinski definition) is 3. The Morgan fingerprint density at radius 3 is 2.32 bits per heavy atom. The third-order valence-corrected chi connectivity index (χ3v) is 4.75. The van der Waals surface area contributed by atoms with Crippen LogP contribution in [0.4, 0.5) is 0 Å². The Morgan fingerprint density at radius 1 is 1.21 bits per heavy atom. The zero-order chi connectivity index (χ0) is 14.6. The molecule has 0 aliphatic rings. The van der Waals surface area contributed by atoms with Gasteiger partial charge in [0.25, 0.3) is 0 Å². The molecule has 0 N–H and O–H groups in total. The fourth-order valence-corrected chi connectivity index (χ4v) is 2.81. The van der Waals surface area contributed by atoms with Gasteiger partial charge in [-0.3, -0.25) is 4.79 Å². The van der Waals surface area contributed by atoms with E-state index in [1.807, 2.05) is 0 Å². The molecule has 0 bridgehead atoms. The molecular weight excluding hydrogens is 288 g/mol. The van der Waals surface area contributed by atoms with Crippen molar-refractivity contribution in [1.29, 1.82) is 0 Å². The number of hydrogen-bond donors (Lipinski definition) is 0. The molecule has 1 aromatic carbocycles. The maximum Gasteiger partial charge on any atom is 0.237 e. The third kappa shape index (κ3) is 4.49. The predicted molar refractivity (Wildman–Crippen MR) is 75.4 cm³/mol. The normalized spacial score (nSPS) is 11.6. The molecule has 5 nitrogen and oxygen atoms in total. The molecule has 1 amide bonds. The van der Waals surface area contributed by atoms with Gasteiger partial charge in [-0.25, -0.2) is 8.42 Å². The highest BCUT2D eigenvalue weighted by Gasteiger charge is 2.22. The molecule has 0 heterocycles. The average molecular weight is 305 g/mol. The van der Waals surface area contributed by atoms with Crippen molar-refractivity contribution in [2.24, 2.45) is 0 Å². The number of carbonyl (C=O) groups excluding carboxylic acids is 1. The van der Waals surface area contributed by atoms with Crippen LogP contribution in [0.15, 0.2) is 24.3 Å². The van der Waals surface area contributed by atoms with Gasteiger partial charge in [-0.2, -0.15) is 4.31 Å². The summed E-state index contributed by atoms with van der Waals surface area (Å²) in [5.74, 6) is -0.491. The van der Waals surface area contributed by atoms with Crippen LogP contribution in [0.3, 0.4) is 0 Å². The summed E-state index contributed by atoms with van der Waals surface area (Å²) in [5, 5.41) is 0.401. The number of halogens is 1. The van der Waals surface area contributed by atoms with E-state index >= 15 is 0 Å². The summed E-state index contributed by atoms with van der Waals surface area (Å²) >= 11 is 5.93. The van der Waals surface area contributed by atoms with E-state index in [2.05, 4.69) is 0 Å². The second-order valence-corrected chi connectivity index (χ2v) is 6.87. The van der Waals surface area contributed by atoms with Gasteiger partial charge in [-0.05, 0) is 11.6 Å². The van der Waals surface area contributed by atoms with E-state index in [9.17, 15) is 13.2 Å². The number of likely N-dealkylation sites (N-methyl/N-ethyl adjacent to an activating group) is 2. The second kappa shape index (κ2) is 6.36. The lowest BCUT2D eigenvalue weighted by molar-refractivity contribution is -0.128. The zero-order valence-corrected chi connectivity index (χ0v) is 12.7. The summed E-state index contributed by atoms with van der Waals surface area (Å²) in [6.07, 6.45) is 0. The Labute approximate surface area is 118 Å². The van der Waals surface area contributed by atoms with E-state index < -0.39 is 10.0 Å². The van der Waals surface area contributed by atoms with Crippen molar-refractivity contribution in [2.45, 2.75) is 5.75 Å². The maximum absolute atomic E-state index is 12.1. The van der Waals surface area contributed by atoms with Crippen molar-refractivity contribution in [3.63, 3.8) is 0 Å². The zero-order valence-electron chi connectivity index (χ0n) is 11.1. The summed E-state index contributed by atoms with van der Waals surface area (Å²) in [5.41, 5.74) is 0.522. The molecule has 0 aromatic heterocycles. The standard InChI is InChI=1S/C12H17ClN2O3S/c1-14(2)12(16)8-15(3)19(17,18)9-10-6-4-5-7-11(10)13/h4-7H,8-9H2,1-3H3. The van der Waals surface area contributed by atoms with Crippen molar-refractivity contribution >= 4 is 27.5 Å². The monoisotopic (exact) mass is 304 g/mol. The first-order valence-corrected chi connectivity index (χ1v) is 7.60. The third-order valence-electron chi connectivity index (χ3n) is 2.63. The van der Waals surface area contributed by atoms with Crippen LogP contribution in [0.5, 0.6) is 0 Å². The van der Waals surface area contributed by atoms with Crippen molar-refractivity contribution in [2.75, 3.05) is 27.7 Å². The maximum atomic E-state index is 12.1. The number of amides is 1. The first-order valence-electron chi connectivity index (χ1n) is 5.61. The molecular formula is C12H17ClN2O3S. The molecule has 0 saturated heterocycles. The van der Waals surface area contributed by atoms with Gasteiger partial charge < -0.3 is 4.90 Å². The predicted octanol–water partition coefficient (Wildman–Crippen LogP) is 1.19. The number of rotatable bonds is 5. The fourth-order valence-electron chi connectivity index (χ4n) is 1.35. The highest BCUT2D eigenvalue weighted by molar-refractivity contribution is 7.88. The van der Waals surface area contributed by atoms with Crippen LogP contribution in [0, 0.1) is 0 Å². The van der Waals surface area contributed by atoms with Crippen molar-refractivity contribution in [3.05, 3.63) is 34.9 Å². The van der Waals surface area contributed by atoms with E-state index in [4.69, 9.17) is 11.6 Å². The van der Waals surface area contributed by atoms with Gasteiger partial charge in [0.1, 0.15) is 0 Å². The molecule has 7 heteroatoms. The molecule has 106 valence electrons. The molecule has 0 atom stereocenters. The Balaban J connectivity index is 2.82. The van der Waals surface area contributed by atoms with Crippen LogP contribution in [-0.4, -0.2) is 51.2 Å². The van der Waals surface area contributed by atoms with E-state index in [-0.39, 0.29) is 18.2 Å². The fraction of sp³-hybridized carbons (Fsp3) is 0.417. The van der Waals surface area contributed by atoms with Crippen molar-refractivity contribution < 1.29 is 13.2 Å². The molecule has 0 aliphatic carbocycles. The molecule has 1 aromatic rings. The number of sulfonamides is 1. The molecule has 0 spiro atoms. The topological polar surface area (TPSA) is 57.7 Å². The minimum atomic E-state index is -3.56. The number of nitrogens with zero attached hydrogens (tertiary/aromatic N) is 2. The quantitative estimate of drug-likeness (QED) is 0.821. The summed E-state index contributed by atoms with van der Waals surface area (Å²) < 4.78 is 25.3. The van der Waals surface area contributed by atoms with Gasteiger partial charge in [-0.15, -0.1) is 0 Å². The molecule has 0 radical (unpaired) electrons. The first kappa shape index (κ1) is 15.9. The van der Waals surface area contributed by atoms with Crippen LogP contribution < -0.4 is 0 Å². The van der Waals surface area contributed by atoms with E-state index in [1.54, 1.807) is 38.4 Å². The highest BCUT2D eigenvalue weighted by atomic mass is 35.5. The van der Waals surface area contributed by atoms with E-state index in [1.165, 1.54) is 11.9 Å². The lowest BCUT2D eigenvalue weighted by atomic mass is 10.2. The SMILES string of the molecule is CN(C)C(=O)CN(C)S(=O)(=O)Cc1ccccc1Cl. The van der Waals surface area contributed by atoms with Crippen molar-refractivity contribution in [1.82, 2.24) is 9.21 Å². The molecule has 1 rings (SSSR count). The van der Waals surface area contributed by atoms with Gasteiger partial charge in [0.2, 0.25) is 15.9 Å². The van der Waals surface area contributed by atoms with Crippen LogP contribution >= 0.6 is 11.6 Å². The minimum absolute atomic E-state index is 0.181. The molecule has 0 unspecified atom stereocenters. The van der Waals surface area contributed by atoms with E-state index in [0.717, 1.165) is 4.31 Å². The molecule has 0 fully saturated rings. The number of benzene rings is 1. The molecule has 0 saturated carbocycles. The summed E-state index contributed by atoms with van der Waals surface area (Å²) in [7, 11) is 0.980. The summed E-state index contributed by atoms with van der Waals surface area (Å²) in [6.45, 7) is -0.181. The van der Waals surface area contributed by atoms with Gasteiger partial charge in [-0.1, -0.05) is 29.8 Å². The smallest absolute Gasteiger partial charge is 0.237 e. The van der Waals surface area contributed by atoms with Crippen molar-refractivity contribution in [3.8, 4) is 0 Å². The lowest BCUT2D eigenvalue weighted by Gasteiger charge is -2.19. The number of carbonyl (C=O) groups is 1. The Morgan fingerprint density at radius 2 is 1.79 bits per heavy atom. The van der Waals surface area contributed by atoms with E-state index in [0.29, 0.717) is 10.6 Å². The molecule has 19 heavy (non-hydrogen) atoms. The first-order chi connectivity index (χ1) is 8.74. The summed E-state index contributed by atoms with van der Waals surface area (Å²) in [4.78, 5) is 12.9. The largest absolute Gasteiger partial charge is 0.348 e. The Kier molecular flexibility index (Phi) is 5.34. The second-order valence-electron chi connectivity index (χ2n) is 4.39. The average Bonchev–Trinajstić information content (AvgIpc) is 2.31. The molecule has 0 aliphatic heterocycles. The van der Waals surface area contributed by atoms with Crippen LogP contribution in [-0.2, 0) is 20.6 Å². The van der Waals surface area contributed by atoms with Gasteiger partial charge in [0.15, 0.2) is 0 Å².